The maximum absolute atomic E-state index is 13.0. The lowest BCUT2D eigenvalue weighted by atomic mass is 10.1. The number of hydrogen-bond acceptors (Lipinski definition) is 6. The van der Waals surface area contributed by atoms with Crippen LogP contribution in [0.2, 0.25) is 0 Å². The Kier molecular flexibility index (Phi) is 6.78. The lowest BCUT2D eigenvalue weighted by molar-refractivity contribution is 0.0746. The van der Waals surface area contributed by atoms with Gasteiger partial charge in [-0.25, -0.2) is 4.98 Å². The van der Waals surface area contributed by atoms with Crippen molar-refractivity contribution in [2.75, 3.05) is 44.3 Å². The van der Waals surface area contributed by atoms with E-state index in [-0.39, 0.29) is 5.91 Å². The van der Waals surface area contributed by atoms with Gasteiger partial charge in [0, 0.05) is 37.1 Å². The number of carbonyl (C=O) groups excluding carboxylic acids is 1. The highest BCUT2D eigenvalue weighted by molar-refractivity contribution is 7.13. The summed E-state index contributed by atoms with van der Waals surface area (Å²) in [5, 5.41) is 3.10. The number of rotatable bonds is 7. The van der Waals surface area contributed by atoms with Crippen LogP contribution in [0.3, 0.4) is 0 Å². The molecule has 0 saturated carbocycles. The number of aryl methyl sites for hydroxylation is 1. The summed E-state index contributed by atoms with van der Waals surface area (Å²) < 4.78 is 11.5. The molecule has 7 heteroatoms. The molecule has 0 spiro atoms. The van der Waals surface area contributed by atoms with E-state index in [1.165, 1.54) is 0 Å². The molecule has 0 unspecified atom stereocenters. The Balaban J connectivity index is 1.66. The number of amides is 1. The highest BCUT2D eigenvalue weighted by Crippen LogP contribution is 2.30. The largest absolute Gasteiger partial charge is 0.490 e. The molecule has 0 atom stereocenters. The zero-order valence-electron chi connectivity index (χ0n) is 17.1. The van der Waals surface area contributed by atoms with Crippen LogP contribution in [0, 0.1) is 12.8 Å². The van der Waals surface area contributed by atoms with Gasteiger partial charge in [-0.2, -0.15) is 0 Å². The van der Waals surface area contributed by atoms with Gasteiger partial charge in [-0.05, 0) is 38.0 Å². The first-order chi connectivity index (χ1) is 13.5. The summed E-state index contributed by atoms with van der Waals surface area (Å²) in [7, 11) is 0. The Labute approximate surface area is 171 Å². The van der Waals surface area contributed by atoms with Gasteiger partial charge in [-0.15, -0.1) is 11.3 Å². The molecule has 1 amide bonds. The molecule has 1 fully saturated rings. The average molecular weight is 404 g/mol. The van der Waals surface area contributed by atoms with Crippen LogP contribution in [-0.2, 0) is 0 Å². The van der Waals surface area contributed by atoms with Gasteiger partial charge in [-0.3, -0.25) is 4.79 Å². The molecule has 1 aliphatic heterocycles. The molecule has 0 radical (unpaired) electrons. The summed E-state index contributed by atoms with van der Waals surface area (Å²) in [5.41, 5.74) is 1.68. The molecule has 6 nitrogen and oxygen atoms in total. The lowest BCUT2D eigenvalue weighted by Gasteiger charge is -2.34. The fourth-order valence-corrected chi connectivity index (χ4v) is 3.91. The van der Waals surface area contributed by atoms with Gasteiger partial charge in [-0.1, -0.05) is 13.8 Å². The lowest BCUT2D eigenvalue weighted by Crippen LogP contribution is -2.48. The van der Waals surface area contributed by atoms with Crippen LogP contribution < -0.4 is 14.4 Å². The van der Waals surface area contributed by atoms with Gasteiger partial charge in [0.1, 0.15) is 0 Å². The summed E-state index contributed by atoms with van der Waals surface area (Å²) in [6, 6.07) is 5.48. The summed E-state index contributed by atoms with van der Waals surface area (Å²) in [5.74, 6) is 1.78. The molecule has 0 bridgehead atoms. The van der Waals surface area contributed by atoms with E-state index in [2.05, 4.69) is 29.1 Å². The van der Waals surface area contributed by atoms with Gasteiger partial charge in [0.25, 0.3) is 5.91 Å². The van der Waals surface area contributed by atoms with E-state index in [0.29, 0.717) is 49.3 Å². The molecule has 0 N–H and O–H groups in total. The van der Waals surface area contributed by atoms with Crippen molar-refractivity contribution in [3.63, 3.8) is 0 Å². The number of ether oxygens (including phenoxy) is 2. The number of carbonyl (C=O) groups is 1. The van der Waals surface area contributed by atoms with Crippen LogP contribution in [-0.4, -0.2) is 55.2 Å². The second-order valence-electron chi connectivity index (χ2n) is 7.35. The van der Waals surface area contributed by atoms with E-state index < -0.39 is 0 Å². The second kappa shape index (κ2) is 9.28. The topological polar surface area (TPSA) is 54.9 Å². The van der Waals surface area contributed by atoms with E-state index >= 15 is 0 Å². The first-order valence-electron chi connectivity index (χ1n) is 9.84. The van der Waals surface area contributed by atoms with Crippen LogP contribution in [0.4, 0.5) is 5.13 Å². The minimum Gasteiger partial charge on any atom is -0.490 e. The Hall–Kier alpha value is -2.28. The minimum absolute atomic E-state index is 0.0336. The predicted octanol–water partition coefficient (Wildman–Crippen LogP) is 3.85. The quantitative estimate of drug-likeness (QED) is 0.703. The van der Waals surface area contributed by atoms with Crippen molar-refractivity contribution in [1.82, 2.24) is 9.88 Å². The third-order valence-electron chi connectivity index (χ3n) is 4.51. The smallest absolute Gasteiger partial charge is 0.254 e. The van der Waals surface area contributed by atoms with Crippen molar-refractivity contribution in [2.45, 2.75) is 27.7 Å². The highest BCUT2D eigenvalue weighted by Gasteiger charge is 2.24. The summed E-state index contributed by atoms with van der Waals surface area (Å²) in [4.78, 5) is 21.7. The average Bonchev–Trinajstić information content (AvgIpc) is 3.13. The zero-order valence-corrected chi connectivity index (χ0v) is 17.9. The summed E-state index contributed by atoms with van der Waals surface area (Å²) in [6.07, 6.45) is 0. The van der Waals surface area contributed by atoms with Crippen molar-refractivity contribution < 1.29 is 14.3 Å². The van der Waals surface area contributed by atoms with Gasteiger partial charge in [0.15, 0.2) is 16.6 Å². The highest BCUT2D eigenvalue weighted by atomic mass is 32.1. The molecule has 1 aliphatic rings. The van der Waals surface area contributed by atoms with Crippen molar-refractivity contribution in [2.24, 2.45) is 5.92 Å². The Morgan fingerprint density at radius 3 is 2.54 bits per heavy atom. The second-order valence-corrected chi connectivity index (χ2v) is 8.19. The van der Waals surface area contributed by atoms with Crippen LogP contribution in [0.1, 0.15) is 36.8 Å². The van der Waals surface area contributed by atoms with Gasteiger partial charge < -0.3 is 19.3 Å². The van der Waals surface area contributed by atoms with Crippen molar-refractivity contribution >= 4 is 22.4 Å². The number of nitrogens with zero attached hydrogens (tertiary/aromatic N) is 3. The number of aromatic nitrogens is 1. The number of piperazine rings is 1. The monoisotopic (exact) mass is 403 g/mol. The fraction of sp³-hybridized carbons (Fsp3) is 0.524. The van der Waals surface area contributed by atoms with Crippen LogP contribution in [0.15, 0.2) is 23.6 Å². The predicted molar refractivity (Wildman–Crippen MR) is 113 cm³/mol. The Morgan fingerprint density at radius 2 is 1.93 bits per heavy atom. The molecule has 152 valence electrons. The van der Waals surface area contributed by atoms with E-state index in [9.17, 15) is 4.79 Å². The minimum atomic E-state index is 0.0336. The van der Waals surface area contributed by atoms with E-state index in [1.54, 1.807) is 17.4 Å². The van der Waals surface area contributed by atoms with Gasteiger partial charge >= 0.3 is 0 Å². The number of benzene rings is 1. The molecular formula is C21H29N3O3S. The molecule has 0 aliphatic carbocycles. The molecule has 1 aromatic heterocycles. The molecule has 2 heterocycles. The van der Waals surface area contributed by atoms with E-state index in [1.807, 2.05) is 30.9 Å². The van der Waals surface area contributed by atoms with Crippen LogP contribution in [0.25, 0.3) is 0 Å². The van der Waals surface area contributed by atoms with Gasteiger partial charge in [0.2, 0.25) is 0 Å². The third kappa shape index (κ3) is 4.95. The zero-order chi connectivity index (χ0) is 20.1. The van der Waals surface area contributed by atoms with Crippen LogP contribution >= 0.6 is 11.3 Å². The molecule has 3 rings (SSSR count). The maximum Gasteiger partial charge on any atom is 0.254 e. The maximum atomic E-state index is 13.0. The molecule has 1 saturated heterocycles. The van der Waals surface area contributed by atoms with E-state index in [4.69, 9.17) is 9.47 Å². The van der Waals surface area contributed by atoms with Crippen molar-refractivity contribution in [3.8, 4) is 11.5 Å². The Morgan fingerprint density at radius 1 is 1.18 bits per heavy atom. The SMILES string of the molecule is CCOc1cc(C(=O)N2CCN(c3nc(C)cs3)CC2)ccc1OCC(C)C. The fourth-order valence-electron chi connectivity index (χ4n) is 3.06. The van der Waals surface area contributed by atoms with Gasteiger partial charge in [0.05, 0.1) is 18.9 Å². The summed E-state index contributed by atoms with van der Waals surface area (Å²) in [6.45, 7) is 12.3. The third-order valence-corrected chi connectivity index (χ3v) is 5.53. The number of thiazole rings is 1. The van der Waals surface area contributed by atoms with Crippen molar-refractivity contribution in [3.05, 3.63) is 34.8 Å². The molecular weight excluding hydrogens is 374 g/mol. The molecule has 2 aromatic rings. The summed E-state index contributed by atoms with van der Waals surface area (Å²) >= 11 is 1.66. The number of anilines is 1. The van der Waals surface area contributed by atoms with E-state index in [0.717, 1.165) is 23.9 Å². The standard InChI is InChI=1S/C21H29N3O3S/c1-5-26-19-12-17(6-7-18(19)27-13-15(2)3)20(25)23-8-10-24(11-9-23)21-22-16(4)14-28-21/h6-7,12,14-15H,5,8-11,13H2,1-4H3. The Bertz CT molecular complexity index is 798. The normalized spacial score (nSPS) is 14.5. The molecule has 1 aromatic carbocycles. The van der Waals surface area contributed by atoms with Crippen LogP contribution in [0.5, 0.6) is 11.5 Å². The first kappa shape index (κ1) is 20.5. The molecule has 28 heavy (non-hydrogen) atoms. The van der Waals surface area contributed by atoms with Crippen molar-refractivity contribution in [1.29, 1.82) is 0 Å². The number of hydrogen-bond donors (Lipinski definition) is 0. The first-order valence-corrected chi connectivity index (χ1v) is 10.7.